The van der Waals surface area contributed by atoms with Crippen molar-refractivity contribution < 1.29 is 18.8 Å². The first-order chi connectivity index (χ1) is 6.53. The van der Waals surface area contributed by atoms with Gasteiger partial charge in [0.15, 0.2) is 0 Å². The molecule has 1 heterocycles. The fourth-order valence-corrected chi connectivity index (χ4v) is 1.36. The number of likely N-dealkylation sites (N-methyl/N-ethyl adjacent to an activating group) is 1. The lowest BCUT2D eigenvalue weighted by molar-refractivity contribution is -0.905. The van der Waals surface area contributed by atoms with Crippen molar-refractivity contribution in [2.45, 2.75) is 13.2 Å². The fourth-order valence-electron chi connectivity index (χ4n) is 1.36. The number of hydrogen-bond acceptors (Lipinski definition) is 3. The summed E-state index contributed by atoms with van der Waals surface area (Å²) in [5, 5.41) is 0. The molecule has 0 amide bonds. The van der Waals surface area contributed by atoms with Gasteiger partial charge in [0.1, 0.15) is 19.7 Å². The highest BCUT2D eigenvalue weighted by Crippen LogP contribution is 2.10. The average Bonchev–Trinajstić information content (AvgIpc) is 2.02. The molecule has 4 heteroatoms. The molecule has 0 aliphatic carbocycles. The highest BCUT2D eigenvalue weighted by Gasteiger charge is 2.30. The van der Waals surface area contributed by atoms with E-state index in [4.69, 9.17) is 9.47 Å². The molecular weight excluding hydrogens is 182 g/mol. The van der Waals surface area contributed by atoms with Crippen molar-refractivity contribution >= 4 is 5.97 Å². The molecule has 0 radical (unpaired) electrons. The first-order valence-electron chi connectivity index (χ1n) is 4.80. The highest BCUT2D eigenvalue weighted by molar-refractivity contribution is 5.81. The number of allylic oxidation sites excluding steroid dienone is 1. The molecule has 0 spiro atoms. The van der Waals surface area contributed by atoms with Gasteiger partial charge in [-0.2, -0.15) is 0 Å². The number of nitrogens with zero attached hydrogens (tertiary/aromatic N) is 1. The average molecular weight is 200 g/mol. The van der Waals surface area contributed by atoms with E-state index >= 15 is 0 Å². The van der Waals surface area contributed by atoms with Crippen molar-refractivity contribution in [3.8, 4) is 0 Å². The minimum absolute atomic E-state index is 0.334. The highest BCUT2D eigenvalue weighted by atomic mass is 16.7. The monoisotopic (exact) mass is 200 g/mol. The number of esters is 1. The summed E-state index contributed by atoms with van der Waals surface area (Å²) in [6.07, 6.45) is 2.66. The Morgan fingerprint density at radius 3 is 2.86 bits per heavy atom. The Labute approximate surface area is 84.7 Å². The van der Waals surface area contributed by atoms with E-state index in [-0.39, 0.29) is 5.97 Å². The van der Waals surface area contributed by atoms with E-state index in [2.05, 4.69) is 14.1 Å². The van der Waals surface area contributed by atoms with Crippen molar-refractivity contribution in [1.29, 1.82) is 0 Å². The first kappa shape index (κ1) is 11.2. The maximum Gasteiger partial charge on any atom is 0.332 e. The van der Waals surface area contributed by atoms with Crippen LogP contribution in [-0.4, -0.2) is 50.5 Å². The maximum atomic E-state index is 11.1. The van der Waals surface area contributed by atoms with Crippen LogP contribution in [0, 0.1) is 0 Å². The molecular formula is C10H18NO3+. The zero-order valence-electron chi connectivity index (χ0n) is 9.03. The predicted octanol–water partition coefficient (Wildman–Crippen LogP) is 0.538. The Kier molecular flexibility index (Phi) is 3.66. The molecule has 1 saturated heterocycles. The molecule has 1 rings (SSSR count). The first-order valence-corrected chi connectivity index (χ1v) is 4.80. The zero-order chi connectivity index (χ0) is 10.6. The standard InChI is InChI=1S/C10H18NO3/c1-4-5-9(12)14-10-8-11(2,3)6-7-13-10/h4-5,10H,6-8H2,1-3H3/q+1/b5-4+. The lowest BCUT2D eigenvalue weighted by Crippen LogP contribution is -2.53. The van der Waals surface area contributed by atoms with E-state index in [9.17, 15) is 4.79 Å². The topological polar surface area (TPSA) is 35.5 Å². The largest absolute Gasteiger partial charge is 0.426 e. The minimum atomic E-state index is -0.401. The van der Waals surface area contributed by atoms with Crippen LogP contribution >= 0.6 is 0 Å². The van der Waals surface area contributed by atoms with Gasteiger partial charge in [0.05, 0.1) is 14.1 Å². The second kappa shape index (κ2) is 4.57. The third-order valence-electron chi connectivity index (χ3n) is 2.19. The molecule has 1 atom stereocenters. The predicted molar refractivity (Wildman–Crippen MR) is 52.5 cm³/mol. The number of carbonyl (C=O) groups is 1. The number of ether oxygens (including phenoxy) is 2. The Bertz CT molecular complexity index is 236. The molecule has 0 aromatic carbocycles. The normalized spacial score (nSPS) is 26.4. The molecule has 0 bridgehead atoms. The second-order valence-electron chi connectivity index (χ2n) is 4.08. The van der Waals surface area contributed by atoms with Gasteiger partial charge in [0, 0.05) is 6.08 Å². The summed E-state index contributed by atoms with van der Waals surface area (Å²) in [5.74, 6) is -0.334. The summed E-state index contributed by atoms with van der Waals surface area (Å²) in [6.45, 7) is 4.09. The number of rotatable bonds is 2. The molecule has 80 valence electrons. The van der Waals surface area contributed by atoms with E-state index < -0.39 is 6.29 Å². The summed E-state index contributed by atoms with van der Waals surface area (Å²) in [6, 6.07) is 0. The SMILES string of the molecule is C/C=C/C(=O)OC1C[N+](C)(C)CCO1. The minimum Gasteiger partial charge on any atom is -0.426 e. The van der Waals surface area contributed by atoms with Crippen LogP contribution in [0.2, 0.25) is 0 Å². The lowest BCUT2D eigenvalue weighted by Gasteiger charge is -2.36. The Morgan fingerprint density at radius 1 is 1.57 bits per heavy atom. The van der Waals surface area contributed by atoms with Gasteiger partial charge in [-0.1, -0.05) is 6.08 Å². The fraction of sp³-hybridized carbons (Fsp3) is 0.700. The van der Waals surface area contributed by atoms with Crippen LogP contribution in [0.5, 0.6) is 0 Å². The van der Waals surface area contributed by atoms with Crippen molar-refractivity contribution in [1.82, 2.24) is 0 Å². The summed E-state index contributed by atoms with van der Waals surface area (Å²) in [7, 11) is 4.19. The van der Waals surface area contributed by atoms with Crippen molar-refractivity contribution in [2.75, 3.05) is 33.8 Å². The van der Waals surface area contributed by atoms with Gasteiger partial charge in [-0.15, -0.1) is 0 Å². The van der Waals surface area contributed by atoms with Crippen LogP contribution in [-0.2, 0) is 14.3 Å². The van der Waals surface area contributed by atoms with Crippen LogP contribution in [0.15, 0.2) is 12.2 Å². The van der Waals surface area contributed by atoms with E-state index in [1.807, 2.05) is 0 Å². The molecule has 0 saturated carbocycles. The van der Waals surface area contributed by atoms with Gasteiger partial charge in [0.2, 0.25) is 0 Å². The van der Waals surface area contributed by atoms with Crippen LogP contribution in [0.25, 0.3) is 0 Å². The Morgan fingerprint density at radius 2 is 2.29 bits per heavy atom. The van der Waals surface area contributed by atoms with Gasteiger partial charge >= 0.3 is 5.97 Å². The maximum absolute atomic E-state index is 11.1. The molecule has 1 aliphatic heterocycles. The van der Waals surface area contributed by atoms with Crippen LogP contribution in [0.3, 0.4) is 0 Å². The summed E-state index contributed by atoms with van der Waals surface area (Å²) in [5.41, 5.74) is 0. The molecule has 0 N–H and O–H groups in total. The van der Waals surface area contributed by atoms with Gasteiger partial charge in [-0.3, -0.25) is 0 Å². The Balaban J connectivity index is 2.42. The third-order valence-corrected chi connectivity index (χ3v) is 2.19. The second-order valence-corrected chi connectivity index (χ2v) is 4.08. The van der Waals surface area contributed by atoms with Gasteiger partial charge in [-0.25, -0.2) is 4.79 Å². The number of carbonyl (C=O) groups excluding carboxylic acids is 1. The molecule has 0 aromatic heterocycles. The Hall–Kier alpha value is -0.870. The smallest absolute Gasteiger partial charge is 0.332 e. The number of hydrogen-bond donors (Lipinski definition) is 0. The van der Waals surface area contributed by atoms with Gasteiger partial charge in [-0.05, 0) is 6.92 Å². The molecule has 0 aromatic rings. The lowest BCUT2D eigenvalue weighted by atomic mass is 10.3. The van der Waals surface area contributed by atoms with Crippen molar-refractivity contribution in [3.63, 3.8) is 0 Å². The van der Waals surface area contributed by atoms with E-state index in [0.29, 0.717) is 13.2 Å². The number of morpholine rings is 1. The quantitative estimate of drug-likeness (QED) is 0.371. The van der Waals surface area contributed by atoms with Crippen LogP contribution in [0.1, 0.15) is 6.92 Å². The zero-order valence-corrected chi connectivity index (χ0v) is 9.03. The van der Waals surface area contributed by atoms with Gasteiger partial charge < -0.3 is 14.0 Å². The molecule has 1 unspecified atom stereocenters. The molecule has 1 aliphatic rings. The third kappa shape index (κ3) is 3.47. The van der Waals surface area contributed by atoms with E-state index in [1.54, 1.807) is 13.0 Å². The van der Waals surface area contributed by atoms with Crippen LogP contribution in [0.4, 0.5) is 0 Å². The van der Waals surface area contributed by atoms with E-state index in [0.717, 1.165) is 11.0 Å². The van der Waals surface area contributed by atoms with Crippen molar-refractivity contribution in [3.05, 3.63) is 12.2 Å². The summed E-state index contributed by atoms with van der Waals surface area (Å²) >= 11 is 0. The summed E-state index contributed by atoms with van der Waals surface area (Å²) in [4.78, 5) is 11.1. The van der Waals surface area contributed by atoms with Crippen molar-refractivity contribution in [2.24, 2.45) is 0 Å². The molecule has 4 nitrogen and oxygen atoms in total. The van der Waals surface area contributed by atoms with E-state index in [1.165, 1.54) is 6.08 Å². The molecule has 14 heavy (non-hydrogen) atoms. The van der Waals surface area contributed by atoms with Gasteiger partial charge in [0.25, 0.3) is 6.29 Å². The number of quaternary nitrogens is 1. The summed E-state index contributed by atoms with van der Waals surface area (Å²) < 4.78 is 11.3. The van der Waals surface area contributed by atoms with Crippen LogP contribution < -0.4 is 0 Å². The molecule has 1 fully saturated rings.